The Balaban J connectivity index is 1.46. The molecule has 2 nitrogen and oxygen atoms in total. The van der Waals surface area contributed by atoms with Gasteiger partial charge in [-0.3, -0.25) is 4.79 Å². The van der Waals surface area contributed by atoms with Gasteiger partial charge >= 0.3 is 0 Å². The van der Waals surface area contributed by atoms with Crippen molar-refractivity contribution in [2.75, 3.05) is 0 Å². The molecule has 2 heteroatoms. The summed E-state index contributed by atoms with van der Waals surface area (Å²) in [7, 11) is 0. The number of carbonyl (C=O) groups is 1. The number of carbonyl (C=O) groups excluding carboxylic acids is 1. The number of hydrogen-bond donors (Lipinski definition) is 0. The van der Waals surface area contributed by atoms with E-state index in [1.807, 2.05) is 25.1 Å². The molecule has 0 saturated heterocycles. The van der Waals surface area contributed by atoms with Crippen LogP contribution in [0.5, 0.6) is 0 Å². The monoisotopic (exact) mass is 366 g/mol. The molecule has 146 valence electrons. The molecule has 0 amide bonds. The normalized spacial score (nSPS) is 45.4. The third-order valence-corrected chi connectivity index (χ3v) is 9.30. The van der Waals surface area contributed by atoms with Crippen molar-refractivity contribution in [3.63, 3.8) is 0 Å². The molecule has 0 radical (unpaired) electrons. The molecule has 0 bridgehead atoms. The fourth-order valence-corrected chi connectivity index (χ4v) is 7.80. The van der Waals surface area contributed by atoms with Gasteiger partial charge in [0.2, 0.25) is 0 Å². The van der Waals surface area contributed by atoms with E-state index in [1.54, 1.807) is 0 Å². The van der Waals surface area contributed by atoms with Crippen LogP contribution in [0, 0.1) is 41.4 Å². The van der Waals surface area contributed by atoms with E-state index in [1.165, 1.54) is 44.9 Å². The summed E-state index contributed by atoms with van der Waals surface area (Å²) in [4.78, 5) is 13.4. The summed E-state index contributed by atoms with van der Waals surface area (Å²) in [5.74, 6) is 5.25. The van der Waals surface area contributed by atoms with Crippen LogP contribution >= 0.6 is 0 Å². The van der Waals surface area contributed by atoms with Gasteiger partial charge in [0, 0.05) is 5.41 Å². The van der Waals surface area contributed by atoms with Gasteiger partial charge < -0.3 is 4.42 Å². The Labute approximate surface area is 163 Å². The summed E-state index contributed by atoms with van der Waals surface area (Å²) in [6.45, 7) is 6.85. The first-order chi connectivity index (χ1) is 12.9. The summed E-state index contributed by atoms with van der Waals surface area (Å²) in [6.07, 6.45) is 13.8. The van der Waals surface area contributed by atoms with Crippen molar-refractivity contribution in [2.24, 2.45) is 34.5 Å². The zero-order valence-corrected chi connectivity index (χ0v) is 17.2. The molecule has 0 spiro atoms. The van der Waals surface area contributed by atoms with Gasteiger partial charge in [-0.1, -0.05) is 26.7 Å². The number of fused-ring (bicyclic) bond motifs is 5. The van der Waals surface area contributed by atoms with Crippen LogP contribution in [-0.2, 0) is 4.79 Å². The highest BCUT2D eigenvalue weighted by Crippen LogP contribution is 2.66. The number of rotatable bonds is 1. The van der Waals surface area contributed by atoms with Gasteiger partial charge in [0.1, 0.15) is 11.5 Å². The van der Waals surface area contributed by atoms with Crippen LogP contribution in [0.4, 0.5) is 0 Å². The van der Waals surface area contributed by atoms with Crippen LogP contribution in [-0.4, -0.2) is 5.78 Å². The number of ketones is 1. The van der Waals surface area contributed by atoms with Crippen LogP contribution in [0.25, 0.3) is 6.08 Å². The lowest BCUT2D eigenvalue weighted by atomic mass is 9.45. The van der Waals surface area contributed by atoms with E-state index in [4.69, 9.17) is 4.42 Å². The van der Waals surface area contributed by atoms with E-state index in [2.05, 4.69) is 13.8 Å². The van der Waals surface area contributed by atoms with Gasteiger partial charge in [0.15, 0.2) is 5.78 Å². The van der Waals surface area contributed by atoms with E-state index in [0.717, 1.165) is 47.7 Å². The minimum Gasteiger partial charge on any atom is -0.462 e. The van der Waals surface area contributed by atoms with Crippen molar-refractivity contribution >= 4 is 11.9 Å². The fourth-order valence-electron chi connectivity index (χ4n) is 7.80. The largest absolute Gasteiger partial charge is 0.462 e. The molecular formula is C25H34O2. The Morgan fingerprint density at radius 1 is 1.04 bits per heavy atom. The molecule has 6 atom stereocenters. The van der Waals surface area contributed by atoms with Crippen molar-refractivity contribution in [1.29, 1.82) is 0 Å². The highest BCUT2D eigenvalue weighted by molar-refractivity contribution is 6.05. The first kappa shape index (κ1) is 17.8. The van der Waals surface area contributed by atoms with Crippen molar-refractivity contribution in [1.82, 2.24) is 0 Å². The molecule has 0 aromatic carbocycles. The molecule has 1 aromatic rings. The number of aryl methyl sites for hydroxylation is 1. The van der Waals surface area contributed by atoms with Crippen LogP contribution in [0.3, 0.4) is 0 Å². The van der Waals surface area contributed by atoms with Crippen LogP contribution in [0.1, 0.15) is 83.2 Å². The third kappa shape index (κ3) is 2.54. The minimum absolute atomic E-state index is 0.132. The average molecular weight is 367 g/mol. The Morgan fingerprint density at radius 2 is 1.89 bits per heavy atom. The maximum absolute atomic E-state index is 13.4. The zero-order valence-electron chi connectivity index (χ0n) is 17.2. The maximum atomic E-state index is 13.4. The number of Topliss-reactive ketones (excluding diaryl/α,β-unsaturated/α-hetero) is 1. The van der Waals surface area contributed by atoms with Gasteiger partial charge in [-0.15, -0.1) is 0 Å². The first-order valence-corrected chi connectivity index (χ1v) is 11.2. The summed E-state index contributed by atoms with van der Waals surface area (Å²) < 4.78 is 5.74. The van der Waals surface area contributed by atoms with Crippen LogP contribution in [0.15, 0.2) is 22.1 Å². The molecular weight excluding hydrogens is 332 g/mol. The van der Waals surface area contributed by atoms with Crippen LogP contribution < -0.4 is 0 Å². The molecule has 1 heterocycles. The quantitative estimate of drug-likeness (QED) is 0.525. The number of hydrogen-bond acceptors (Lipinski definition) is 2. The molecule has 4 saturated carbocycles. The highest BCUT2D eigenvalue weighted by Gasteiger charge is 2.60. The minimum atomic E-state index is -0.132. The van der Waals surface area contributed by atoms with E-state index in [0.29, 0.717) is 17.1 Å². The lowest BCUT2D eigenvalue weighted by molar-refractivity contribution is -0.137. The van der Waals surface area contributed by atoms with E-state index >= 15 is 0 Å². The van der Waals surface area contributed by atoms with Gasteiger partial charge in [-0.2, -0.15) is 0 Å². The fraction of sp³-hybridized carbons (Fsp3) is 0.720. The molecule has 0 N–H and O–H groups in total. The van der Waals surface area contributed by atoms with Crippen molar-refractivity contribution in [3.8, 4) is 0 Å². The standard InChI is InChI=1S/C25H34O2/c1-16-7-9-19(27-16)14-17-15-22-20-10-8-18-6-4-5-12-24(18,2)21(20)11-13-25(22,3)23(17)26/h7,9,14,18,20-22H,4-6,8,10-13,15H2,1-3H3/b17-14-/t18-,20+,21+,22-,24-,25-/m0/s1. The molecule has 4 aliphatic carbocycles. The van der Waals surface area contributed by atoms with Gasteiger partial charge in [-0.05, 0) is 105 Å². The Kier molecular flexibility index (Phi) is 4.01. The number of allylic oxidation sites excluding steroid dienone is 1. The molecule has 27 heavy (non-hydrogen) atoms. The Hall–Kier alpha value is -1.31. The van der Waals surface area contributed by atoms with Gasteiger partial charge in [0.05, 0.1) is 0 Å². The second-order valence-corrected chi connectivity index (χ2v) is 10.5. The second-order valence-electron chi connectivity index (χ2n) is 10.5. The predicted octanol–water partition coefficient (Wildman–Crippen LogP) is 6.58. The Morgan fingerprint density at radius 3 is 2.67 bits per heavy atom. The second kappa shape index (κ2) is 6.09. The summed E-state index contributed by atoms with van der Waals surface area (Å²) in [5, 5.41) is 0. The molecule has 5 rings (SSSR count). The first-order valence-electron chi connectivity index (χ1n) is 11.2. The average Bonchev–Trinajstić information content (AvgIpc) is 3.16. The van der Waals surface area contributed by atoms with E-state index in [-0.39, 0.29) is 5.41 Å². The van der Waals surface area contributed by atoms with Gasteiger partial charge in [-0.25, -0.2) is 0 Å². The summed E-state index contributed by atoms with van der Waals surface area (Å²) in [5.41, 5.74) is 1.43. The predicted molar refractivity (Wildman–Crippen MR) is 108 cm³/mol. The smallest absolute Gasteiger partial charge is 0.165 e. The maximum Gasteiger partial charge on any atom is 0.165 e. The van der Waals surface area contributed by atoms with E-state index < -0.39 is 0 Å². The van der Waals surface area contributed by atoms with Crippen LogP contribution in [0.2, 0.25) is 0 Å². The zero-order chi connectivity index (χ0) is 18.8. The van der Waals surface area contributed by atoms with Gasteiger partial charge in [0.25, 0.3) is 0 Å². The lowest BCUT2D eigenvalue weighted by Gasteiger charge is -2.59. The third-order valence-electron chi connectivity index (χ3n) is 9.30. The van der Waals surface area contributed by atoms with Crippen molar-refractivity contribution in [3.05, 3.63) is 29.2 Å². The highest BCUT2D eigenvalue weighted by atomic mass is 16.3. The molecule has 1 aromatic heterocycles. The summed E-state index contributed by atoms with van der Waals surface area (Å²) >= 11 is 0. The molecule has 4 fully saturated rings. The van der Waals surface area contributed by atoms with Crippen molar-refractivity contribution in [2.45, 2.75) is 78.6 Å². The number of furan rings is 1. The molecule has 4 aliphatic rings. The van der Waals surface area contributed by atoms with Crippen molar-refractivity contribution < 1.29 is 9.21 Å². The molecule has 0 unspecified atom stereocenters. The Bertz CT molecular complexity index is 786. The molecule has 0 aliphatic heterocycles. The lowest BCUT2D eigenvalue weighted by Crippen LogP contribution is -2.52. The SMILES string of the molecule is Cc1ccc(/C=C2/C[C@H]3[C@@H]4CC[C@@H]5CCCC[C@]5(C)[C@@H]4CC[C@]3(C)C2=O)o1. The summed E-state index contributed by atoms with van der Waals surface area (Å²) in [6, 6.07) is 3.98. The topological polar surface area (TPSA) is 30.2 Å². The van der Waals surface area contributed by atoms with E-state index in [9.17, 15) is 4.79 Å².